The zero-order chi connectivity index (χ0) is 15.3. The van der Waals surface area contributed by atoms with E-state index in [1.54, 1.807) is 0 Å². The molecule has 4 heteroatoms. The van der Waals surface area contributed by atoms with E-state index in [9.17, 15) is 4.79 Å². The number of carbonyl (C=O) groups excluding carboxylic acids is 1. The highest BCUT2D eigenvalue weighted by Crippen LogP contribution is 2.66. The number of fused-ring (bicyclic) bond motifs is 2. The number of amides is 1. The van der Waals surface area contributed by atoms with Gasteiger partial charge in [-0.05, 0) is 42.9 Å². The molecule has 1 heterocycles. The maximum atomic E-state index is 12.5. The molecule has 1 aliphatic heterocycles. The van der Waals surface area contributed by atoms with Gasteiger partial charge in [0.2, 0.25) is 0 Å². The Kier molecular flexibility index (Phi) is 3.81. The predicted octanol–water partition coefficient (Wildman–Crippen LogP) is 2.04. The zero-order valence-electron chi connectivity index (χ0n) is 13.9. The molecule has 2 saturated carbocycles. The summed E-state index contributed by atoms with van der Waals surface area (Å²) in [6, 6.07) is 0. The summed E-state index contributed by atoms with van der Waals surface area (Å²) in [5.74, 6) is 0.926. The Balaban J connectivity index is 1.63. The molecule has 1 amide bonds. The van der Waals surface area contributed by atoms with Crippen molar-refractivity contribution in [1.82, 2.24) is 10.2 Å². The number of piperazine rings is 1. The van der Waals surface area contributed by atoms with Crippen molar-refractivity contribution >= 4 is 5.91 Å². The second kappa shape index (κ2) is 5.24. The molecule has 4 atom stereocenters. The molecule has 3 aliphatic rings. The Morgan fingerprint density at radius 1 is 1.29 bits per heavy atom. The second-order valence-electron chi connectivity index (χ2n) is 7.95. The number of carbonyl (C=O) groups is 1. The van der Waals surface area contributed by atoms with Crippen LogP contribution in [0.25, 0.3) is 0 Å². The molecule has 21 heavy (non-hydrogen) atoms. The molecule has 0 aromatic heterocycles. The number of hydrogen-bond acceptors (Lipinski definition) is 3. The number of ether oxygens (including phenoxy) is 1. The van der Waals surface area contributed by atoms with Crippen LogP contribution < -0.4 is 5.32 Å². The van der Waals surface area contributed by atoms with Gasteiger partial charge in [0.25, 0.3) is 5.91 Å². The molecule has 2 aliphatic carbocycles. The van der Waals surface area contributed by atoms with Gasteiger partial charge in [-0.1, -0.05) is 20.8 Å². The molecule has 0 aromatic carbocycles. The highest BCUT2D eigenvalue weighted by atomic mass is 16.5. The van der Waals surface area contributed by atoms with Crippen LogP contribution in [-0.2, 0) is 9.53 Å². The van der Waals surface area contributed by atoms with E-state index >= 15 is 0 Å². The van der Waals surface area contributed by atoms with E-state index in [0.29, 0.717) is 5.41 Å². The van der Waals surface area contributed by atoms with Gasteiger partial charge in [0.15, 0.2) is 0 Å². The first-order valence-electron chi connectivity index (χ1n) is 8.51. The van der Waals surface area contributed by atoms with E-state index < -0.39 is 0 Å². The van der Waals surface area contributed by atoms with E-state index in [-0.39, 0.29) is 23.5 Å². The number of rotatable bonds is 3. The third-order valence-corrected chi connectivity index (χ3v) is 6.86. The third-order valence-electron chi connectivity index (χ3n) is 6.86. The SMILES string of the molecule is CC(OC1CC2CCC1(C)C2(C)C)C(=O)N1CCNCC1. The fraction of sp³-hybridized carbons (Fsp3) is 0.941. The van der Waals surface area contributed by atoms with Crippen LogP contribution in [0.3, 0.4) is 0 Å². The molecular weight excluding hydrogens is 264 g/mol. The minimum Gasteiger partial charge on any atom is -0.365 e. The third kappa shape index (κ3) is 2.31. The van der Waals surface area contributed by atoms with Crippen LogP contribution in [0, 0.1) is 16.7 Å². The molecule has 0 spiro atoms. The highest BCUT2D eigenvalue weighted by Gasteiger charge is 2.62. The Hall–Kier alpha value is -0.610. The average Bonchev–Trinajstić information content (AvgIpc) is 2.80. The Morgan fingerprint density at radius 2 is 1.95 bits per heavy atom. The summed E-state index contributed by atoms with van der Waals surface area (Å²) in [7, 11) is 0. The maximum absolute atomic E-state index is 12.5. The summed E-state index contributed by atoms with van der Waals surface area (Å²) in [4.78, 5) is 14.5. The van der Waals surface area contributed by atoms with Gasteiger partial charge in [-0.15, -0.1) is 0 Å². The largest absolute Gasteiger partial charge is 0.365 e. The van der Waals surface area contributed by atoms with Crippen molar-refractivity contribution in [3.8, 4) is 0 Å². The summed E-state index contributed by atoms with van der Waals surface area (Å²) < 4.78 is 6.29. The summed E-state index contributed by atoms with van der Waals surface area (Å²) in [5.41, 5.74) is 0.575. The molecule has 4 unspecified atom stereocenters. The van der Waals surface area contributed by atoms with E-state index in [4.69, 9.17) is 4.74 Å². The van der Waals surface area contributed by atoms with Gasteiger partial charge in [0.05, 0.1) is 6.10 Å². The first-order chi connectivity index (χ1) is 9.86. The number of hydrogen-bond donors (Lipinski definition) is 1. The Bertz CT molecular complexity index is 417. The molecular formula is C17H30N2O2. The molecule has 3 rings (SSSR count). The van der Waals surface area contributed by atoms with Crippen molar-refractivity contribution < 1.29 is 9.53 Å². The van der Waals surface area contributed by atoms with E-state index in [1.165, 1.54) is 12.8 Å². The van der Waals surface area contributed by atoms with E-state index in [1.807, 2.05) is 11.8 Å². The first-order valence-corrected chi connectivity index (χ1v) is 8.51. The van der Waals surface area contributed by atoms with Crippen LogP contribution in [0.2, 0.25) is 0 Å². The normalized spacial score (nSPS) is 39.5. The van der Waals surface area contributed by atoms with Gasteiger partial charge in [-0.25, -0.2) is 0 Å². The second-order valence-corrected chi connectivity index (χ2v) is 7.95. The van der Waals surface area contributed by atoms with E-state index in [2.05, 4.69) is 26.1 Å². The van der Waals surface area contributed by atoms with Crippen molar-refractivity contribution in [1.29, 1.82) is 0 Å². The van der Waals surface area contributed by atoms with Crippen molar-refractivity contribution in [3.05, 3.63) is 0 Å². The predicted molar refractivity (Wildman–Crippen MR) is 83.0 cm³/mol. The first kappa shape index (κ1) is 15.3. The van der Waals surface area contributed by atoms with Crippen LogP contribution in [-0.4, -0.2) is 49.2 Å². The molecule has 120 valence electrons. The Labute approximate surface area is 128 Å². The van der Waals surface area contributed by atoms with E-state index in [0.717, 1.165) is 38.5 Å². The van der Waals surface area contributed by atoms with Crippen LogP contribution >= 0.6 is 0 Å². The lowest BCUT2D eigenvalue weighted by Crippen LogP contribution is -2.51. The van der Waals surface area contributed by atoms with Crippen molar-refractivity contribution in [3.63, 3.8) is 0 Å². The molecule has 3 fully saturated rings. The smallest absolute Gasteiger partial charge is 0.251 e. The summed E-state index contributed by atoms with van der Waals surface area (Å²) in [6.07, 6.45) is 3.63. The van der Waals surface area contributed by atoms with Crippen LogP contribution in [0.15, 0.2) is 0 Å². The Morgan fingerprint density at radius 3 is 2.48 bits per heavy atom. The lowest BCUT2D eigenvalue weighted by molar-refractivity contribution is -0.153. The lowest BCUT2D eigenvalue weighted by Gasteiger charge is -2.40. The quantitative estimate of drug-likeness (QED) is 0.866. The summed E-state index contributed by atoms with van der Waals surface area (Å²) in [5, 5.41) is 3.29. The van der Waals surface area contributed by atoms with Crippen LogP contribution in [0.1, 0.15) is 47.0 Å². The monoisotopic (exact) mass is 294 g/mol. The fourth-order valence-corrected chi connectivity index (χ4v) is 4.78. The maximum Gasteiger partial charge on any atom is 0.251 e. The van der Waals surface area contributed by atoms with Crippen LogP contribution in [0.4, 0.5) is 0 Å². The lowest BCUT2D eigenvalue weighted by atomic mass is 9.70. The number of nitrogens with zero attached hydrogens (tertiary/aromatic N) is 1. The zero-order valence-corrected chi connectivity index (χ0v) is 13.9. The van der Waals surface area contributed by atoms with Gasteiger partial charge in [-0.3, -0.25) is 4.79 Å². The molecule has 0 radical (unpaired) electrons. The minimum atomic E-state index is -0.305. The standard InChI is InChI=1S/C17H30N2O2/c1-12(15(20)19-9-7-18-8-10-19)21-14-11-13-5-6-17(14,4)16(13,2)3/h12-14,18H,5-11H2,1-4H3. The minimum absolute atomic E-state index is 0.167. The number of nitrogens with one attached hydrogen (secondary N) is 1. The van der Waals surface area contributed by atoms with Crippen molar-refractivity contribution in [2.24, 2.45) is 16.7 Å². The molecule has 1 saturated heterocycles. The molecule has 2 bridgehead atoms. The van der Waals surface area contributed by atoms with Gasteiger partial charge >= 0.3 is 0 Å². The fourth-order valence-electron chi connectivity index (χ4n) is 4.78. The van der Waals surface area contributed by atoms with Gasteiger partial charge in [0.1, 0.15) is 6.10 Å². The van der Waals surface area contributed by atoms with Gasteiger partial charge < -0.3 is 15.0 Å². The van der Waals surface area contributed by atoms with Gasteiger partial charge in [-0.2, -0.15) is 0 Å². The average molecular weight is 294 g/mol. The van der Waals surface area contributed by atoms with Crippen molar-refractivity contribution in [2.45, 2.75) is 59.2 Å². The highest BCUT2D eigenvalue weighted by molar-refractivity contribution is 5.80. The summed E-state index contributed by atoms with van der Waals surface area (Å²) >= 11 is 0. The molecule has 0 aromatic rings. The molecule has 4 nitrogen and oxygen atoms in total. The van der Waals surface area contributed by atoms with Gasteiger partial charge in [0, 0.05) is 26.2 Å². The van der Waals surface area contributed by atoms with Crippen molar-refractivity contribution in [2.75, 3.05) is 26.2 Å². The van der Waals surface area contributed by atoms with Crippen LogP contribution in [0.5, 0.6) is 0 Å². The topological polar surface area (TPSA) is 41.6 Å². The molecule has 1 N–H and O–H groups in total. The summed E-state index contributed by atoms with van der Waals surface area (Å²) in [6.45, 7) is 12.5.